The first-order valence-corrected chi connectivity index (χ1v) is 3.96. The molecule has 0 aromatic carbocycles. The molecule has 0 saturated carbocycles. The van der Waals surface area contributed by atoms with Crippen LogP contribution in [0.25, 0.3) is 0 Å². The third-order valence-electron chi connectivity index (χ3n) is 2.30. The second kappa shape index (κ2) is 4.96. The normalized spacial score (nSPS) is 22.4. The third kappa shape index (κ3) is 3.41. The van der Waals surface area contributed by atoms with Crippen molar-refractivity contribution in [3.05, 3.63) is 0 Å². The highest BCUT2D eigenvalue weighted by Crippen LogP contribution is 2.27. The molecular weight excluding hydrogens is 162 g/mol. The van der Waals surface area contributed by atoms with Crippen LogP contribution in [0.4, 0.5) is 0 Å². The highest BCUT2D eigenvalue weighted by atomic mass is 35.5. The van der Waals surface area contributed by atoms with Crippen LogP contribution < -0.4 is 5.32 Å². The van der Waals surface area contributed by atoms with Crippen LogP contribution >= 0.6 is 12.4 Å². The molecule has 3 heteroatoms. The first kappa shape index (κ1) is 11.2. The summed E-state index contributed by atoms with van der Waals surface area (Å²) in [7, 11) is 1.79. The minimum absolute atomic E-state index is 0. The Bertz CT molecular complexity index is 96.8. The Morgan fingerprint density at radius 3 is 2.36 bits per heavy atom. The van der Waals surface area contributed by atoms with Gasteiger partial charge in [-0.2, -0.15) is 0 Å². The molecule has 1 heterocycles. The second-order valence-corrected chi connectivity index (χ2v) is 3.49. The molecule has 1 aliphatic heterocycles. The molecule has 0 bridgehead atoms. The predicted octanol–water partition coefficient (Wildman–Crippen LogP) is 1.44. The molecule has 2 nitrogen and oxygen atoms in total. The van der Waals surface area contributed by atoms with Crippen LogP contribution in [0.2, 0.25) is 0 Å². The number of rotatable bonds is 2. The van der Waals surface area contributed by atoms with E-state index in [1.54, 1.807) is 7.11 Å². The summed E-state index contributed by atoms with van der Waals surface area (Å²) >= 11 is 0. The van der Waals surface area contributed by atoms with Crippen LogP contribution in [0.15, 0.2) is 0 Å². The zero-order chi connectivity index (χ0) is 7.45. The van der Waals surface area contributed by atoms with E-state index in [4.69, 9.17) is 4.74 Å². The van der Waals surface area contributed by atoms with E-state index in [1.807, 2.05) is 0 Å². The van der Waals surface area contributed by atoms with Crippen molar-refractivity contribution in [3.8, 4) is 0 Å². The van der Waals surface area contributed by atoms with Crippen molar-refractivity contribution in [1.29, 1.82) is 0 Å². The molecule has 0 aliphatic carbocycles. The van der Waals surface area contributed by atoms with Gasteiger partial charge in [0.15, 0.2) is 0 Å². The number of piperidine rings is 1. The fourth-order valence-corrected chi connectivity index (χ4v) is 1.52. The number of ether oxygens (including phenoxy) is 1. The summed E-state index contributed by atoms with van der Waals surface area (Å²) in [5, 5.41) is 3.34. The molecule has 0 radical (unpaired) electrons. The standard InChI is InChI=1S/C8H17NO.ClH/c1-8(7-10-2)3-5-9-6-4-8;/h9H,3-7H2,1-2H3;1H. The lowest BCUT2D eigenvalue weighted by Gasteiger charge is -2.33. The van der Waals surface area contributed by atoms with Crippen LogP contribution in [0.5, 0.6) is 0 Å². The largest absolute Gasteiger partial charge is 0.384 e. The maximum absolute atomic E-state index is 5.16. The van der Waals surface area contributed by atoms with Gasteiger partial charge in [-0.3, -0.25) is 0 Å². The van der Waals surface area contributed by atoms with Crippen molar-refractivity contribution in [2.45, 2.75) is 19.8 Å². The Labute approximate surface area is 75.1 Å². The summed E-state index contributed by atoms with van der Waals surface area (Å²) in [6, 6.07) is 0. The lowest BCUT2D eigenvalue weighted by molar-refractivity contribution is 0.0681. The fraction of sp³-hybridized carbons (Fsp3) is 1.00. The molecule has 0 spiro atoms. The smallest absolute Gasteiger partial charge is 0.0516 e. The number of hydrogen-bond donors (Lipinski definition) is 1. The van der Waals surface area contributed by atoms with Gasteiger partial charge in [0.25, 0.3) is 0 Å². The summed E-state index contributed by atoms with van der Waals surface area (Å²) in [5.74, 6) is 0. The van der Waals surface area contributed by atoms with Gasteiger partial charge >= 0.3 is 0 Å². The summed E-state index contributed by atoms with van der Waals surface area (Å²) < 4.78 is 5.16. The van der Waals surface area contributed by atoms with Gasteiger partial charge < -0.3 is 10.1 Å². The molecular formula is C8H18ClNO. The highest BCUT2D eigenvalue weighted by molar-refractivity contribution is 5.85. The van der Waals surface area contributed by atoms with Gasteiger partial charge in [-0.15, -0.1) is 12.4 Å². The molecule has 0 amide bonds. The Balaban J connectivity index is 0.000001000. The van der Waals surface area contributed by atoms with Crippen molar-refractivity contribution in [2.24, 2.45) is 5.41 Å². The number of hydrogen-bond acceptors (Lipinski definition) is 2. The van der Waals surface area contributed by atoms with Gasteiger partial charge in [0.05, 0.1) is 6.61 Å². The predicted molar refractivity (Wildman–Crippen MR) is 49.3 cm³/mol. The average Bonchev–Trinajstić information content (AvgIpc) is 1.89. The van der Waals surface area contributed by atoms with E-state index in [0.717, 1.165) is 19.7 Å². The van der Waals surface area contributed by atoms with E-state index in [1.165, 1.54) is 12.8 Å². The Morgan fingerprint density at radius 2 is 1.91 bits per heavy atom. The topological polar surface area (TPSA) is 21.3 Å². The van der Waals surface area contributed by atoms with Crippen LogP contribution in [0, 0.1) is 5.41 Å². The monoisotopic (exact) mass is 179 g/mol. The second-order valence-electron chi connectivity index (χ2n) is 3.49. The maximum atomic E-state index is 5.16. The Hall–Kier alpha value is 0.210. The molecule has 1 rings (SSSR count). The van der Waals surface area contributed by atoms with Gasteiger partial charge in [-0.05, 0) is 31.3 Å². The van der Waals surface area contributed by atoms with Gasteiger partial charge in [0, 0.05) is 7.11 Å². The van der Waals surface area contributed by atoms with Crippen LogP contribution in [0.3, 0.4) is 0 Å². The van der Waals surface area contributed by atoms with E-state index < -0.39 is 0 Å². The summed E-state index contributed by atoms with van der Waals surface area (Å²) in [6.07, 6.45) is 2.50. The molecule has 0 aromatic rings. The molecule has 1 fully saturated rings. The molecule has 1 aliphatic rings. The molecule has 1 saturated heterocycles. The van der Waals surface area contributed by atoms with Crippen molar-refractivity contribution in [3.63, 3.8) is 0 Å². The Morgan fingerprint density at radius 1 is 1.36 bits per heavy atom. The minimum atomic E-state index is 0. The zero-order valence-electron chi connectivity index (χ0n) is 7.35. The maximum Gasteiger partial charge on any atom is 0.0516 e. The van der Waals surface area contributed by atoms with Gasteiger partial charge in [0.2, 0.25) is 0 Å². The molecule has 11 heavy (non-hydrogen) atoms. The lowest BCUT2D eigenvalue weighted by Crippen LogP contribution is -2.37. The molecule has 68 valence electrons. The van der Waals surface area contributed by atoms with Gasteiger partial charge in [-0.25, -0.2) is 0 Å². The van der Waals surface area contributed by atoms with Gasteiger partial charge in [-0.1, -0.05) is 6.92 Å². The van der Waals surface area contributed by atoms with Crippen LogP contribution in [-0.2, 0) is 4.74 Å². The molecule has 0 unspecified atom stereocenters. The number of halogens is 1. The van der Waals surface area contributed by atoms with E-state index in [2.05, 4.69) is 12.2 Å². The molecule has 0 aromatic heterocycles. The summed E-state index contributed by atoms with van der Waals surface area (Å²) in [6.45, 7) is 5.52. The van der Waals surface area contributed by atoms with E-state index >= 15 is 0 Å². The van der Waals surface area contributed by atoms with Crippen LogP contribution in [-0.4, -0.2) is 26.8 Å². The minimum Gasteiger partial charge on any atom is -0.384 e. The lowest BCUT2D eigenvalue weighted by atomic mass is 9.82. The average molecular weight is 180 g/mol. The first-order chi connectivity index (χ1) is 4.77. The number of methoxy groups -OCH3 is 1. The number of nitrogens with one attached hydrogen (secondary N) is 1. The van der Waals surface area contributed by atoms with Gasteiger partial charge in [0.1, 0.15) is 0 Å². The molecule has 1 N–H and O–H groups in total. The van der Waals surface area contributed by atoms with E-state index in [0.29, 0.717) is 5.41 Å². The zero-order valence-corrected chi connectivity index (χ0v) is 8.17. The van der Waals surface area contributed by atoms with Crippen molar-refractivity contribution in [2.75, 3.05) is 26.8 Å². The fourth-order valence-electron chi connectivity index (χ4n) is 1.52. The van der Waals surface area contributed by atoms with E-state index in [9.17, 15) is 0 Å². The van der Waals surface area contributed by atoms with E-state index in [-0.39, 0.29) is 12.4 Å². The Kier molecular flexibility index (Phi) is 5.06. The molecule has 0 atom stereocenters. The van der Waals surface area contributed by atoms with Crippen LogP contribution in [0.1, 0.15) is 19.8 Å². The van der Waals surface area contributed by atoms with Crippen molar-refractivity contribution in [1.82, 2.24) is 5.32 Å². The summed E-state index contributed by atoms with van der Waals surface area (Å²) in [4.78, 5) is 0. The van der Waals surface area contributed by atoms with Crippen molar-refractivity contribution >= 4 is 12.4 Å². The quantitative estimate of drug-likeness (QED) is 0.693. The SMILES string of the molecule is COCC1(C)CCNCC1.Cl. The third-order valence-corrected chi connectivity index (χ3v) is 2.30. The highest BCUT2D eigenvalue weighted by Gasteiger charge is 2.25. The summed E-state index contributed by atoms with van der Waals surface area (Å²) in [5.41, 5.74) is 0.444. The van der Waals surface area contributed by atoms with Crippen molar-refractivity contribution < 1.29 is 4.74 Å². The first-order valence-electron chi connectivity index (χ1n) is 3.96.